The van der Waals surface area contributed by atoms with Crippen LogP contribution in [0.15, 0.2) is 12.2 Å². The minimum Gasteiger partial charge on any atom is -0.366 e. The molecule has 0 spiro atoms. The van der Waals surface area contributed by atoms with E-state index >= 15 is 0 Å². The number of hydrogen-bond acceptors (Lipinski definition) is 4. The van der Waals surface area contributed by atoms with E-state index in [1.54, 1.807) is 6.92 Å². The van der Waals surface area contributed by atoms with E-state index in [9.17, 15) is 13.9 Å². The van der Waals surface area contributed by atoms with E-state index in [0.29, 0.717) is 5.57 Å². The largest absolute Gasteiger partial charge is 0.366 e. The Balaban J connectivity index is 0. The molecule has 0 fully saturated rings. The number of primary amides is 1. The Morgan fingerprint density at radius 3 is 1.62 bits per heavy atom. The molecule has 0 aromatic rings. The summed E-state index contributed by atoms with van der Waals surface area (Å²) < 4.78 is 22.3. The molecule has 0 aliphatic heterocycles. The molecule has 9 heteroatoms. The maximum atomic E-state index is 9.82. The summed E-state index contributed by atoms with van der Waals surface area (Å²) in [6.45, 7) is 4.85. The highest BCUT2D eigenvalue weighted by molar-refractivity contribution is 7.46. The fourth-order valence-electron chi connectivity index (χ4n) is 0.0747. The van der Waals surface area contributed by atoms with E-state index in [1.165, 1.54) is 0 Å². The number of carbonyl (C=O) groups excluding carboxylic acids is 1. The van der Waals surface area contributed by atoms with Gasteiger partial charge < -0.3 is 15.5 Å². The summed E-state index contributed by atoms with van der Waals surface area (Å²) >= 11 is 0. The van der Waals surface area contributed by atoms with Gasteiger partial charge in [0.05, 0.1) is 0 Å². The molecule has 13 heavy (non-hydrogen) atoms. The van der Waals surface area contributed by atoms with Crippen LogP contribution in [0.2, 0.25) is 0 Å². The lowest BCUT2D eigenvalue weighted by Gasteiger charge is -1.86. The van der Waals surface area contributed by atoms with Gasteiger partial charge in [-0.1, -0.05) is 6.58 Å². The Bertz CT molecular complexity index is 215. The third-order valence-electron chi connectivity index (χ3n) is 0.595. The van der Waals surface area contributed by atoms with Gasteiger partial charge in [-0.2, -0.15) is 0 Å². The number of carbonyl (C=O) groups is 1. The lowest BCUT2D eigenvalue weighted by molar-refractivity contribution is -0.114. The van der Waals surface area contributed by atoms with Crippen molar-refractivity contribution in [2.75, 3.05) is 0 Å². The normalized spacial score (nSPS) is 13.5. The minimum absolute atomic E-state index is 0.398. The second-order valence-electron chi connectivity index (χ2n) is 1.78. The molecule has 2 atom stereocenters. The van der Waals surface area contributed by atoms with Crippen LogP contribution in [0.3, 0.4) is 0 Å². The van der Waals surface area contributed by atoms with Crippen LogP contribution in [0, 0.1) is 0 Å². The molecule has 78 valence electrons. The summed E-state index contributed by atoms with van der Waals surface area (Å²) in [5.74, 6) is -0.435. The number of hydrogen-bond donors (Lipinski definition) is 3. The molecule has 0 heterocycles. The minimum atomic E-state index is -3.20. The van der Waals surface area contributed by atoms with Gasteiger partial charge in [0.1, 0.15) is 0 Å². The van der Waals surface area contributed by atoms with E-state index in [0.717, 1.165) is 0 Å². The first-order chi connectivity index (χ1) is 5.77. The van der Waals surface area contributed by atoms with Gasteiger partial charge in [0.25, 0.3) is 0 Å². The first kappa shape index (κ1) is 15.0. The summed E-state index contributed by atoms with van der Waals surface area (Å²) in [5.41, 5.74) is 5.09. The van der Waals surface area contributed by atoms with Crippen LogP contribution in [0.25, 0.3) is 0 Å². The summed E-state index contributed by atoms with van der Waals surface area (Å²) in [4.78, 5) is 25.2. The number of rotatable bonds is 3. The Hall–Kier alpha value is -0.450. The summed E-state index contributed by atoms with van der Waals surface area (Å²) in [5, 5.41) is 0. The molecular weight excluding hydrogens is 220 g/mol. The fourth-order valence-corrected chi connectivity index (χ4v) is 0.672. The lowest BCUT2D eigenvalue weighted by atomic mass is 10.3. The Kier molecular flexibility index (Phi) is 9.44. The second kappa shape index (κ2) is 8.16. The standard InChI is InChI=1S/C4H7NO.H4O5P2/c1-3(2)4(5)6;1-6(2)5-7(3)4/h1H2,2H3,(H2,5,6);6-7H,(H,1,2)(H,3,4). The van der Waals surface area contributed by atoms with Crippen LogP contribution >= 0.6 is 16.5 Å². The molecule has 0 aromatic carbocycles. The van der Waals surface area contributed by atoms with E-state index in [4.69, 9.17) is 15.5 Å². The van der Waals surface area contributed by atoms with Crippen molar-refractivity contribution in [1.82, 2.24) is 0 Å². The lowest BCUT2D eigenvalue weighted by Crippen LogP contribution is -2.10. The summed E-state index contributed by atoms with van der Waals surface area (Å²) in [7, 11) is -6.40. The van der Waals surface area contributed by atoms with Crippen molar-refractivity contribution in [3.63, 3.8) is 0 Å². The van der Waals surface area contributed by atoms with Gasteiger partial charge in [0.15, 0.2) is 0 Å². The molecule has 0 aliphatic carbocycles. The topological polar surface area (TPSA) is 127 Å². The van der Waals surface area contributed by atoms with Crippen LogP contribution in [-0.2, 0) is 18.2 Å². The Labute approximate surface area is 76.1 Å². The van der Waals surface area contributed by atoms with Crippen LogP contribution in [0.4, 0.5) is 0 Å². The van der Waals surface area contributed by atoms with Crippen LogP contribution in [0.1, 0.15) is 6.92 Å². The Morgan fingerprint density at radius 1 is 1.38 bits per heavy atom. The molecule has 0 rings (SSSR count). The van der Waals surface area contributed by atoms with E-state index < -0.39 is 22.4 Å². The van der Waals surface area contributed by atoms with Crippen molar-refractivity contribution in [3.05, 3.63) is 12.2 Å². The van der Waals surface area contributed by atoms with Crippen molar-refractivity contribution in [2.45, 2.75) is 6.92 Å². The van der Waals surface area contributed by atoms with Crippen molar-refractivity contribution in [1.29, 1.82) is 0 Å². The second-order valence-corrected chi connectivity index (χ2v) is 3.66. The molecule has 0 radical (unpaired) electrons. The van der Waals surface area contributed by atoms with Gasteiger partial charge in [-0.3, -0.25) is 13.9 Å². The molecule has 7 nitrogen and oxygen atoms in total. The SMILES string of the molecule is C=C(C)C(N)=O.O=[PH](O)O[PH](=O)O. The molecule has 2 unspecified atom stereocenters. The molecule has 0 saturated carbocycles. The highest BCUT2D eigenvalue weighted by Crippen LogP contribution is 2.30. The molecule has 0 aromatic heterocycles. The first-order valence-corrected chi connectivity index (χ1v) is 5.39. The molecule has 4 N–H and O–H groups in total. The Morgan fingerprint density at radius 2 is 1.62 bits per heavy atom. The third kappa shape index (κ3) is 18.5. The number of amides is 1. The average Bonchev–Trinajstić information content (AvgIpc) is 1.84. The molecular formula is C4H11NO6P2. The zero-order valence-electron chi connectivity index (χ0n) is 6.81. The highest BCUT2D eigenvalue weighted by atomic mass is 31.2. The zero-order valence-corrected chi connectivity index (χ0v) is 8.81. The molecule has 0 bridgehead atoms. The zero-order chi connectivity index (χ0) is 11.0. The van der Waals surface area contributed by atoms with Crippen LogP contribution in [0.5, 0.6) is 0 Å². The summed E-state index contributed by atoms with van der Waals surface area (Å²) in [6, 6.07) is 0. The van der Waals surface area contributed by atoms with Crippen molar-refractivity contribution >= 4 is 22.4 Å². The fraction of sp³-hybridized carbons (Fsp3) is 0.250. The van der Waals surface area contributed by atoms with E-state index in [-0.39, 0.29) is 0 Å². The predicted octanol–water partition coefficient (Wildman–Crippen LogP) is -0.185. The maximum absolute atomic E-state index is 9.82. The quantitative estimate of drug-likeness (QED) is 0.456. The number of nitrogens with two attached hydrogens (primary N) is 1. The van der Waals surface area contributed by atoms with Gasteiger partial charge in [-0.05, 0) is 6.92 Å². The molecule has 0 saturated heterocycles. The van der Waals surface area contributed by atoms with Crippen LogP contribution < -0.4 is 5.73 Å². The molecule has 0 aliphatic rings. The van der Waals surface area contributed by atoms with E-state index in [1.807, 2.05) is 0 Å². The van der Waals surface area contributed by atoms with E-state index in [2.05, 4.69) is 10.9 Å². The van der Waals surface area contributed by atoms with Gasteiger partial charge in [-0.25, -0.2) is 4.31 Å². The van der Waals surface area contributed by atoms with Gasteiger partial charge in [0, 0.05) is 5.57 Å². The monoisotopic (exact) mass is 231 g/mol. The predicted molar refractivity (Wildman–Crippen MR) is 47.5 cm³/mol. The third-order valence-corrected chi connectivity index (χ3v) is 1.99. The van der Waals surface area contributed by atoms with Gasteiger partial charge >= 0.3 is 16.5 Å². The van der Waals surface area contributed by atoms with Gasteiger partial charge in [0.2, 0.25) is 5.91 Å². The van der Waals surface area contributed by atoms with Crippen molar-refractivity contribution < 1.29 is 28.0 Å². The van der Waals surface area contributed by atoms with Crippen molar-refractivity contribution in [3.8, 4) is 0 Å². The highest BCUT2D eigenvalue weighted by Gasteiger charge is 1.93. The molecule has 1 amide bonds. The summed E-state index contributed by atoms with van der Waals surface area (Å²) in [6.07, 6.45) is 0. The van der Waals surface area contributed by atoms with Crippen molar-refractivity contribution in [2.24, 2.45) is 5.73 Å². The first-order valence-electron chi connectivity index (χ1n) is 2.86. The van der Waals surface area contributed by atoms with Gasteiger partial charge in [-0.15, -0.1) is 0 Å². The van der Waals surface area contributed by atoms with Crippen LogP contribution in [-0.4, -0.2) is 15.7 Å². The maximum Gasteiger partial charge on any atom is 0.323 e. The smallest absolute Gasteiger partial charge is 0.323 e. The average molecular weight is 231 g/mol.